The van der Waals surface area contributed by atoms with Crippen molar-refractivity contribution in [3.05, 3.63) is 101 Å². The van der Waals surface area contributed by atoms with Gasteiger partial charge in [0.1, 0.15) is 0 Å². The van der Waals surface area contributed by atoms with Crippen LogP contribution in [0.25, 0.3) is 5.57 Å². The molecule has 0 atom stereocenters. The number of para-hydroxylation sites is 2. The lowest BCUT2D eigenvalue weighted by Gasteiger charge is -2.20. The molecule has 0 saturated carbocycles. The largest absolute Gasteiger partial charge is 0.361 e. The van der Waals surface area contributed by atoms with Gasteiger partial charge in [0.2, 0.25) is 0 Å². The van der Waals surface area contributed by atoms with Crippen LogP contribution in [0.1, 0.15) is 107 Å². The SMILES string of the molecule is CC(C)c1cccc(C(C)C)c1N=CC(=CNc1c(C(C)C)cccc1C(C)C)c1ccccc1. The van der Waals surface area contributed by atoms with E-state index in [2.05, 4.69) is 134 Å². The molecule has 0 radical (unpaired) electrons. The molecule has 1 N–H and O–H groups in total. The third kappa shape index (κ3) is 6.51. The van der Waals surface area contributed by atoms with Crippen LogP contribution in [0.4, 0.5) is 11.4 Å². The Labute approximate surface area is 213 Å². The van der Waals surface area contributed by atoms with E-state index in [0.29, 0.717) is 23.7 Å². The van der Waals surface area contributed by atoms with Crippen LogP contribution in [0.3, 0.4) is 0 Å². The minimum absolute atomic E-state index is 0.412. The van der Waals surface area contributed by atoms with Gasteiger partial charge < -0.3 is 5.32 Å². The van der Waals surface area contributed by atoms with Crippen molar-refractivity contribution in [2.75, 3.05) is 5.32 Å². The molecular weight excluding hydrogens is 424 g/mol. The highest BCUT2D eigenvalue weighted by molar-refractivity contribution is 6.11. The second kappa shape index (κ2) is 12.0. The Bertz CT molecular complexity index is 1110. The molecule has 3 aromatic rings. The van der Waals surface area contributed by atoms with Crippen LogP contribution in [-0.4, -0.2) is 6.21 Å². The molecule has 0 heterocycles. The first-order chi connectivity index (χ1) is 16.7. The van der Waals surface area contributed by atoms with Crippen molar-refractivity contribution in [2.24, 2.45) is 4.99 Å². The summed E-state index contributed by atoms with van der Waals surface area (Å²) in [4.78, 5) is 5.12. The van der Waals surface area contributed by atoms with Crippen LogP contribution in [0.15, 0.2) is 77.9 Å². The van der Waals surface area contributed by atoms with Gasteiger partial charge in [0.15, 0.2) is 0 Å². The maximum atomic E-state index is 5.12. The molecule has 2 nitrogen and oxygen atoms in total. The number of rotatable bonds is 9. The van der Waals surface area contributed by atoms with Crippen LogP contribution in [0.2, 0.25) is 0 Å². The molecule has 2 heteroatoms. The number of aliphatic imine (C=N–C) groups is 1. The van der Waals surface area contributed by atoms with E-state index in [9.17, 15) is 0 Å². The van der Waals surface area contributed by atoms with Gasteiger partial charge in [-0.15, -0.1) is 0 Å². The highest BCUT2D eigenvalue weighted by Crippen LogP contribution is 2.35. The van der Waals surface area contributed by atoms with Gasteiger partial charge in [-0.2, -0.15) is 0 Å². The summed E-state index contributed by atoms with van der Waals surface area (Å²) < 4.78 is 0. The van der Waals surface area contributed by atoms with E-state index in [4.69, 9.17) is 4.99 Å². The lowest BCUT2D eigenvalue weighted by atomic mass is 9.92. The fraction of sp³-hybridized carbons (Fsp3) is 0.364. The molecule has 184 valence electrons. The van der Waals surface area contributed by atoms with E-state index in [1.54, 1.807) is 0 Å². The monoisotopic (exact) mass is 466 g/mol. The molecule has 0 fully saturated rings. The van der Waals surface area contributed by atoms with Gasteiger partial charge in [-0.25, -0.2) is 0 Å². The molecule has 0 unspecified atom stereocenters. The lowest BCUT2D eigenvalue weighted by molar-refractivity contribution is 0.835. The molecule has 0 bridgehead atoms. The summed E-state index contributed by atoms with van der Waals surface area (Å²) >= 11 is 0. The number of nitrogens with one attached hydrogen (secondary N) is 1. The Balaban J connectivity index is 2.12. The average Bonchev–Trinajstić information content (AvgIpc) is 2.83. The molecule has 35 heavy (non-hydrogen) atoms. The lowest BCUT2D eigenvalue weighted by Crippen LogP contribution is -2.04. The predicted octanol–water partition coefficient (Wildman–Crippen LogP) is 10.0. The standard InChI is InChI=1S/C33H42N2/c1-22(2)28-16-12-17-29(23(3)4)32(28)34-20-27(26-14-10-9-11-15-26)21-35-33-30(24(5)6)18-13-19-31(33)25(7)8/h9-25,34H,1-8H3. The summed E-state index contributed by atoms with van der Waals surface area (Å²) in [5, 5.41) is 3.70. The summed E-state index contributed by atoms with van der Waals surface area (Å²) in [6.07, 6.45) is 4.15. The smallest absolute Gasteiger partial charge is 0.0699 e. The van der Waals surface area contributed by atoms with Crippen LogP contribution in [-0.2, 0) is 0 Å². The fourth-order valence-electron chi connectivity index (χ4n) is 4.49. The predicted molar refractivity (Wildman–Crippen MR) is 155 cm³/mol. The Morgan fingerprint density at radius 3 is 1.51 bits per heavy atom. The maximum Gasteiger partial charge on any atom is 0.0699 e. The van der Waals surface area contributed by atoms with Crippen LogP contribution >= 0.6 is 0 Å². The first kappa shape index (κ1) is 26.5. The van der Waals surface area contributed by atoms with Gasteiger partial charge in [0, 0.05) is 23.7 Å². The molecule has 0 aromatic heterocycles. The topological polar surface area (TPSA) is 24.4 Å². The number of anilines is 1. The summed E-state index contributed by atoms with van der Waals surface area (Å²) in [6, 6.07) is 23.7. The minimum Gasteiger partial charge on any atom is -0.361 e. The Morgan fingerprint density at radius 1 is 0.600 bits per heavy atom. The second-order valence-electron chi connectivity index (χ2n) is 10.6. The van der Waals surface area contributed by atoms with Crippen molar-refractivity contribution in [1.29, 1.82) is 0 Å². The zero-order chi connectivity index (χ0) is 25.5. The molecule has 0 aliphatic heterocycles. The van der Waals surface area contributed by atoms with Gasteiger partial charge in [0.25, 0.3) is 0 Å². The van der Waals surface area contributed by atoms with Crippen molar-refractivity contribution in [2.45, 2.75) is 79.1 Å². The van der Waals surface area contributed by atoms with Gasteiger partial charge in [-0.05, 0) is 51.5 Å². The molecule has 0 amide bonds. The first-order valence-corrected chi connectivity index (χ1v) is 13.0. The number of benzene rings is 3. The molecule has 0 spiro atoms. The van der Waals surface area contributed by atoms with Crippen LogP contribution in [0.5, 0.6) is 0 Å². The first-order valence-electron chi connectivity index (χ1n) is 13.0. The van der Waals surface area contributed by atoms with E-state index in [1.807, 2.05) is 6.21 Å². The Morgan fingerprint density at radius 2 is 1.06 bits per heavy atom. The van der Waals surface area contributed by atoms with E-state index in [0.717, 1.165) is 16.8 Å². The van der Waals surface area contributed by atoms with Crippen molar-refractivity contribution in [1.82, 2.24) is 0 Å². The van der Waals surface area contributed by atoms with Gasteiger partial charge in [-0.3, -0.25) is 4.99 Å². The van der Waals surface area contributed by atoms with E-state index in [1.165, 1.54) is 27.9 Å². The minimum atomic E-state index is 0.412. The molecule has 3 aromatic carbocycles. The van der Waals surface area contributed by atoms with Gasteiger partial charge in [-0.1, -0.05) is 122 Å². The van der Waals surface area contributed by atoms with Crippen molar-refractivity contribution in [3.8, 4) is 0 Å². The maximum absolute atomic E-state index is 5.12. The quantitative estimate of drug-likeness (QED) is 0.312. The number of allylic oxidation sites excluding steroid dienone is 1. The van der Waals surface area contributed by atoms with Crippen molar-refractivity contribution < 1.29 is 0 Å². The summed E-state index contributed by atoms with van der Waals surface area (Å²) in [5.41, 5.74) is 9.78. The Hall–Kier alpha value is -3.13. The van der Waals surface area contributed by atoms with Crippen molar-refractivity contribution >= 4 is 23.2 Å². The van der Waals surface area contributed by atoms with Gasteiger partial charge in [0.05, 0.1) is 5.69 Å². The van der Waals surface area contributed by atoms with E-state index >= 15 is 0 Å². The zero-order valence-corrected chi connectivity index (χ0v) is 22.8. The highest BCUT2D eigenvalue weighted by atomic mass is 14.9. The number of hydrogen-bond donors (Lipinski definition) is 1. The highest BCUT2D eigenvalue weighted by Gasteiger charge is 2.15. The summed E-state index contributed by atoms with van der Waals surface area (Å²) in [5.74, 6) is 1.69. The normalized spacial score (nSPS) is 12.5. The molecular formula is C33H42N2. The third-order valence-corrected chi connectivity index (χ3v) is 6.53. The fourth-order valence-corrected chi connectivity index (χ4v) is 4.49. The van der Waals surface area contributed by atoms with E-state index in [-0.39, 0.29) is 0 Å². The van der Waals surface area contributed by atoms with Crippen molar-refractivity contribution in [3.63, 3.8) is 0 Å². The second-order valence-corrected chi connectivity index (χ2v) is 10.6. The average molecular weight is 467 g/mol. The Kier molecular flexibility index (Phi) is 9.09. The van der Waals surface area contributed by atoms with Gasteiger partial charge >= 0.3 is 0 Å². The van der Waals surface area contributed by atoms with Crippen LogP contribution in [0, 0.1) is 0 Å². The number of hydrogen-bond acceptors (Lipinski definition) is 2. The zero-order valence-electron chi connectivity index (χ0n) is 22.8. The molecule has 0 aliphatic rings. The molecule has 3 rings (SSSR count). The van der Waals surface area contributed by atoms with Crippen LogP contribution < -0.4 is 5.32 Å². The summed E-state index contributed by atoms with van der Waals surface area (Å²) in [7, 11) is 0. The van der Waals surface area contributed by atoms with E-state index < -0.39 is 0 Å². The summed E-state index contributed by atoms with van der Waals surface area (Å²) in [6.45, 7) is 18.0. The number of nitrogens with zero attached hydrogens (tertiary/aromatic N) is 1. The molecule has 0 saturated heterocycles. The third-order valence-electron chi connectivity index (χ3n) is 6.53. The molecule has 0 aliphatic carbocycles.